The number of aromatic hydroxyl groups is 1. The van der Waals surface area contributed by atoms with Gasteiger partial charge in [0.25, 0.3) is 29.5 Å². The molecule has 12 bridgehead atoms. The number of pyridine rings is 1. The van der Waals surface area contributed by atoms with Crippen molar-refractivity contribution >= 4 is 110 Å². The molecule has 5 aliphatic heterocycles. The Balaban J connectivity index is 1.03. The van der Waals surface area contributed by atoms with Crippen LogP contribution >= 0.6 is 56.7 Å². The van der Waals surface area contributed by atoms with Crippen molar-refractivity contribution in [3.8, 4) is 38.4 Å². The van der Waals surface area contributed by atoms with Crippen LogP contribution in [0.5, 0.6) is 5.75 Å². The lowest BCUT2D eigenvalue weighted by molar-refractivity contribution is -0.280. The van der Waals surface area contributed by atoms with Gasteiger partial charge in [0.2, 0.25) is 5.91 Å². The van der Waals surface area contributed by atoms with Crippen LogP contribution in [-0.2, 0) is 47.6 Å². The number of primary amides is 1. The molecule has 6 aromatic rings. The molecule has 37 heteroatoms. The van der Waals surface area contributed by atoms with Crippen molar-refractivity contribution in [2.24, 2.45) is 17.6 Å². The minimum Gasteiger partial charge on any atom is -0.506 e. The molecule has 32 nitrogen and oxygen atoms in total. The van der Waals surface area contributed by atoms with E-state index < -0.39 is 150 Å². The van der Waals surface area contributed by atoms with Gasteiger partial charge in [-0.25, -0.2) is 44.6 Å². The van der Waals surface area contributed by atoms with Crippen molar-refractivity contribution in [3.05, 3.63) is 124 Å². The van der Waals surface area contributed by atoms with E-state index in [2.05, 4.69) is 48.1 Å². The molecule has 0 spiro atoms. The second-order valence-electron chi connectivity index (χ2n) is 23.7. The Hall–Kier alpha value is -9.12. The van der Waals surface area contributed by atoms with Crippen molar-refractivity contribution in [1.29, 1.82) is 0 Å². The number of cyclic esters (lactones) is 2. The fourth-order valence-electron chi connectivity index (χ4n) is 12.1. The number of nitrogens with one attached hydrogen (secondary N) is 5. The number of carbonyl (C=O) groups excluding carboxylic acids is 8. The first-order chi connectivity index (χ1) is 46.7. The van der Waals surface area contributed by atoms with Gasteiger partial charge in [-0.15, -0.1) is 56.7 Å². The Bertz CT molecular complexity index is 4390. The van der Waals surface area contributed by atoms with Gasteiger partial charge in [-0.2, -0.15) is 0 Å². The average Bonchev–Trinajstić information content (AvgIpc) is 1.57. The maximum absolute atomic E-state index is 15.2. The lowest BCUT2D eigenvalue weighted by atomic mass is 9.82. The summed E-state index contributed by atoms with van der Waals surface area (Å²) in [5.74, 6) is -9.84. The number of likely N-dealkylation sites (N-methyl/N-ethyl adjacent to an activating group) is 1. The van der Waals surface area contributed by atoms with Crippen molar-refractivity contribution in [2.45, 2.75) is 94.6 Å². The van der Waals surface area contributed by atoms with Gasteiger partial charge in [0.1, 0.15) is 113 Å². The number of methoxy groups -OCH3 is 1. The second kappa shape index (κ2) is 27.7. The monoisotopic (exact) mass is 1440 g/mol. The molecule has 0 saturated carbocycles. The molecule has 6 amide bonds. The Morgan fingerprint density at radius 3 is 2.24 bits per heavy atom. The molecule has 2 unspecified atom stereocenters. The van der Waals surface area contributed by atoms with Crippen LogP contribution in [-0.4, -0.2) is 197 Å². The number of fused-ring (bicyclic) bond motifs is 15. The minimum atomic E-state index is -1.90. The number of carbonyl (C=O) groups is 8. The number of aromatic nitrogens is 6. The summed E-state index contributed by atoms with van der Waals surface area (Å²) in [5, 5.41) is 67.9. The van der Waals surface area contributed by atoms with Crippen LogP contribution in [0, 0.1) is 11.8 Å². The van der Waals surface area contributed by atoms with Gasteiger partial charge < -0.3 is 81.0 Å². The average molecular weight is 1440 g/mol. The molecule has 2 fully saturated rings. The number of allylic oxidation sites excluding steroid dienone is 4. The number of hydroxylamine groups is 2. The Morgan fingerprint density at radius 2 is 1.53 bits per heavy atom. The van der Waals surface area contributed by atoms with E-state index in [-0.39, 0.29) is 106 Å². The SMILES string of the molecule is C=C(NC(=O)c1csc(-c2nc3c(cc2O)-c2nc(cs2)C(=O)N[C@@H]([C@@H](C)O)C(=O)N/C(=C(\C)OC)c2nc(cs2)C(=O)N[C@@H]2c4nc(cs4)C(=O)N[C@@H](COC(=O)C4=C5CO[C@@H]2[C@H](O[C@H]2C[C@](C)(O)[C@H](N(C)C)[C@H](C)O2)C(=O)OCC2C=CC=C(C52)N4O)c2nc-3cs2)n1)C(N)=O. The van der Waals surface area contributed by atoms with E-state index in [9.17, 15) is 44.5 Å². The molecule has 12 atom stereocenters. The van der Waals surface area contributed by atoms with Crippen molar-refractivity contribution < 1.29 is 87.3 Å². The third kappa shape index (κ3) is 13.5. The van der Waals surface area contributed by atoms with Gasteiger partial charge in [-0.3, -0.25) is 34.0 Å². The number of aliphatic hydroxyl groups excluding tert-OH is 1. The maximum atomic E-state index is 15.2. The molecule has 11 heterocycles. The van der Waals surface area contributed by atoms with Crippen molar-refractivity contribution in [2.75, 3.05) is 41.0 Å². The zero-order valence-electron chi connectivity index (χ0n) is 52.8. The second-order valence-corrected chi connectivity index (χ2v) is 28.1. The van der Waals surface area contributed by atoms with E-state index in [4.69, 9.17) is 49.1 Å². The summed E-state index contributed by atoms with van der Waals surface area (Å²) in [6, 6.07) is -3.98. The molecular formula is C61H62N14O18S5. The predicted molar refractivity (Wildman–Crippen MR) is 349 cm³/mol. The summed E-state index contributed by atoms with van der Waals surface area (Å²) in [6.45, 7) is 7.89. The van der Waals surface area contributed by atoms with Gasteiger partial charge in [0.15, 0.2) is 18.1 Å². The highest BCUT2D eigenvalue weighted by Gasteiger charge is 2.52. The van der Waals surface area contributed by atoms with Crippen LogP contribution in [0.4, 0.5) is 0 Å². The molecule has 12 rings (SSSR count). The number of nitrogens with zero attached hydrogens (tertiary/aromatic N) is 8. The number of hydrogen-bond donors (Lipinski definition) is 10. The standard InChI is InChI=1S/C61H62N14O18S5/c1-22(48(62)78)63-49(79)31-19-97-57(68-31)42-36(77)12-27-41(70-42)30-17-95-55(65-30)29-16-91-59(84)44-28-15-89-45(46(93-37-13-61(5,86)47(74(6)7)25(4)92-37)60(85)90-14-26-10-9-11-35(38(26)28)75(44)87)43(58-69-32(20-98-58)50(80)64-29)73-52(82)34-21-96-56(67-34)40(24(3)88-8)72-53(83)39(23(2)76)71-51(81)33-18-94-54(27)66-33/h9-12,17-21,23,25-26,29,37-39,43,45-47,76-77,86-87H,1,13-16H2,2-8H3,(H2,62,78)(H,63,79)(H,64,80)(H,71,81)(H,72,83)(H,73,82)/b40-24+/t23-,25+,26?,29+,37+,38?,39+,43+,45+,46+,47-,61+/m1/s1. The smallest absolute Gasteiger partial charge is 0.357 e. The normalized spacial score (nSPS) is 26.8. The number of ether oxygens (including phenoxy) is 6. The zero-order valence-corrected chi connectivity index (χ0v) is 56.9. The summed E-state index contributed by atoms with van der Waals surface area (Å²) in [5.41, 5.74) is 2.05. The summed E-state index contributed by atoms with van der Waals surface area (Å²) in [7, 11) is 4.85. The molecule has 98 heavy (non-hydrogen) atoms. The number of esters is 2. The summed E-state index contributed by atoms with van der Waals surface area (Å²) in [4.78, 5) is 144. The van der Waals surface area contributed by atoms with E-state index in [0.717, 1.165) is 56.7 Å². The summed E-state index contributed by atoms with van der Waals surface area (Å²) < 4.78 is 37.7. The Kier molecular flexibility index (Phi) is 19.4. The zero-order chi connectivity index (χ0) is 69.9. The molecule has 2 saturated heterocycles. The molecule has 514 valence electrons. The van der Waals surface area contributed by atoms with Crippen LogP contribution in [0.1, 0.15) is 103 Å². The van der Waals surface area contributed by atoms with Crippen LogP contribution < -0.4 is 32.3 Å². The third-order valence-corrected chi connectivity index (χ3v) is 21.2. The number of nitrogens with two attached hydrogens (primary N) is 1. The van der Waals surface area contributed by atoms with E-state index in [1.807, 2.05) is 0 Å². The van der Waals surface area contributed by atoms with Gasteiger partial charge in [-0.05, 0) is 59.5 Å². The highest BCUT2D eigenvalue weighted by molar-refractivity contribution is 7.14. The Morgan fingerprint density at radius 1 is 0.867 bits per heavy atom. The van der Waals surface area contributed by atoms with Gasteiger partial charge in [-0.1, -0.05) is 18.7 Å². The van der Waals surface area contributed by atoms with E-state index in [0.29, 0.717) is 5.06 Å². The van der Waals surface area contributed by atoms with Crippen LogP contribution in [0.25, 0.3) is 38.4 Å². The van der Waals surface area contributed by atoms with Crippen LogP contribution in [0.15, 0.2) is 86.2 Å². The first-order valence-corrected chi connectivity index (χ1v) is 34.3. The first kappa shape index (κ1) is 68.8. The van der Waals surface area contributed by atoms with Crippen molar-refractivity contribution in [1.82, 2.24) is 66.5 Å². The topological polar surface area (TPSA) is 443 Å². The highest BCUT2D eigenvalue weighted by atomic mass is 32.1. The van der Waals surface area contributed by atoms with E-state index in [1.165, 1.54) is 53.9 Å². The fraction of sp³-hybridized carbons (Fsp3) is 0.377. The largest absolute Gasteiger partial charge is 0.506 e. The fourth-order valence-corrected chi connectivity index (χ4v) is 16.3. The van der Waals surface area contributed by atoms with Gasteiger partial charge in [0.05, 0.1) is 55.6 Å². The number of amides is 6. The number of thiazole rings is 5. The van der Waals surface area contributed by atoms with Gasteiger partial charge in [0, 0.05) is 50.7 Å². The molecule has 6 aliphatic rings. The molecule has 1 aliphatic carbocycles. The molecule has 0 aromatic carbocycles. The highest BCUT2D eigenvalue weighted by Crippen LogP contribution is 2.47. The maximum Gasteiger partial charge on any atom is 0.357 e. The predicted octanol–water partition coefficient (Wildman–Crippen LogP) is 3.03. The quantitative estimate of drug-likeness (QED) is 0.0565. The molecular weight excluding hydrogens is 1380 g/mol. The van der Waals surface area contributed by atoms with Gasteiger partial charge >= 0.3 is 11.9 Å². The van der Waals surface area contributed by atoms with Crippen LogP contribution in [0.3, 0.4) is 0 Å². The first-order valence-electron chi connectivity index (χ1n) is 29.9. The lowest BCUT2D eigenvalue weighted by Gasteiger charge is -2.48. The molecule has 11 N–H and O–H groups in total. The third-order valence-electron chi connectivity index (χ3n) is 16.7. The van der Waals surface area contributed by atoms with E-state index in [1.54, 1.807) is 51.1 Å². The molecule has 0 radical (unpaired) electrons. The number of aliphatic hydroxyl groups is 2. The van der Waals surface area contributed by atoms with Crippen LogP contribution in [0.2, 0.25) is 0 Å². The minimum absolute atomic E-state index is 0.00943. The number of hydrogen-bond acceptors (Lipinski definition) is 31. The lowest BCUT2D eigenvalue weighted by Crippen LogP contribution is -2.62. The van der Waals surface area contributed by atoms with E-state index >= 15 is 14.4 Å². The van der Waals surface area contributed by atoms with Crippen molar-refractivity contribution in [3.63, 3.8) is 0 Å². The summed E-state index contributed by atoms with van der Waals surface area (Å²) in [6.07, 6.45) is -2.60. The number of rotatable bonds is 9. The molecule has 6 aromatic heterocycles. The Labute approximate surface area is 575 Å². The summed E-state index contributed by atoms with van der Waals surface area (Å²) >= 11 is 4.49.